The second-order valence-corrected chi connectivity index (χ2v) is 12.4. The summed E-state index contributed by atoms with van der Waals surface area (Å²) in [7, 11) is -11.2. The first-order chi connectivity index (χ1) is 15.8. The largest absolute Gasteiger partial charge is 1.00 e. The van der Waals surface area contributed by atoms with E-state index in [1.54, 1.807) is 12.2 Å². The van der Waals surface area contributed by atoms with E-state index in [-0.39, 0.29) is 59.1 Å². The Balaban J connectivity index is -0.000000305. The zero-order chi connectivity index (χ0) is 26.5. The number of hydrogen-bond donors (Lipinski definition) is 4. The van der Waals surface area contributed by atoms with Crippen molar-refractivity contribution in [1.29, 1.82) is 0 Å². The second-order valence-electron chi connectivity index (χ2n) is 7.46. The smallest absolute Gasteiger partial charge is 0.468 e. The van der Waals surface area contributed by atoms with Crippen LogP contribution in [0.25, 0.3) is 0 Å². The molecule has 1 unspecified atom stereocenters. The van der Waals surface area contributed by atoms with Crippen LogP contribution in [0.4, 0.5) is 0 Å². The van der Waals surface area contributed by atoms with Gasteiger partial charge < -0.3 is 37.8 Å². The van der Waals surface area contributed by atoms with Crippen LogP contribution >= 0.6 is 15.2 Å². The summed E-state index contributed by atoms with van der Waals surface area (Å²) in [5.74, 6) is 1.21. The molecule has 0 saturated carbocycles. The topological polar surface area (TPSA) is 158 Å². The fraction of sp³-hybridized carbons (Fsp3) is 0.636. The molecule has 0 aromatic rings. The predicted molar refractivity (Wildman–Crippen MR) is 135 cm³/mol. The molecular weight excluding hydrogens is 548 g/mol. The van der Waals surface area contributed by atoms with Crippen molar-refractivity contribution in [3.8, 4) is 0 Å². The van der Waals surface area contributed by atoms with Crippen LogP contribution in [0.15, 0.2) is 36.9 Å². The van der Waals surface area contributed by atoms with Gasteiger partial charge >= 0.3 is 74.3 Å². The van der Waals surface area contributed by atoms with Gasteiger partial charge in [-0.3, -0.25) is 19.4 Å². The molecule has 36 heavy (non-hydrogen) atoms. The SMILES string of the molecule is C=CP(=O)(O)O.C=CP(=O)(O)O.CCCCCCCCCCCCOS(=O)(=O)C1C=C[C-]=[C-]C1.[Na+].[Na+]. The minimum Gasteiger partial charge on any atom is -0.468 e. The van der Waals surface area contributed by atoms with Crippen molar-refractivity contribution < 1.29 is 100 Å². The molecule has 9 nitrogen and oxygen atoms in total. The van der Waals surface area contributed by atoms with Crippen molar-refractivity contribution in [1.82, 2.24) is 0 Å². The molecule has 0 heterocycles. The zero-order valence-corrected chi connectivity index (χ0v) is 28.5. The van der Waals surface area contributed by atoms with Crippen molar-refractivity contribution in [2.45, 2.75) is 82.8 Å². The summed E-state index contributed by atoms with van der Waals surface area (Å²) in [5, 5.41) is -0.586. The molecular formula is C22H40Na2O9P2S. The van der Waals surface area contributed by atoms with E-state index in [2.05, 4.69) is 32.2 Å². The fourth-order valence-electron chi connectivity index (χ4n) is 2.49. The molecule has 0 aromatic heterocycles. The van der Waals surface area contributed by atoms with Crippen LogP contribution in [-0.2, 0) is 23.4 Å². The van der Waals surface area contributed by atoms with Crippen molar-refractivity contribution in [3.63, 3.8) is 0 Å². The molecule has 0 fully saturated rings. The van der Waals surface area contributed by atoms with E-state index in [0.717, 1.165) is 12.8 Å². The van der Waals surface area contributed by atoms with E-state index < -0.39 is 30.6 Å². The summed E-state index contributed by atoms with van der Waals surface area (Å²) in [5.41, 5.74) is 0. The molecule has 1 rings (SSSR count). The van der Waals surface area contributed by atoms with Crippen LogP contribution in [0.3, 0.4) is 0 Å². The summed E-state index contributed by atoms with van der Waals surface area (Å²) in [4.78, 5) is 31.3. The standard InChI is InChI=1S/C18H30O3S.2C2H5O3P.2Na/c1-2-3-4-5-6-7-8-9-10-14-17-21-22(19,20)18-15-12-11-13-16-18;2*1-2-6(3,4)5;;/h12,15,18H,2-10,14,16-17H2,1H3;2*2H,1H2,(H2,3,4,5);;/q-2;;;2*+1. The Bertz CT molecular complexity index is 780. The van der Waals surface area contributed by atoms with Gasteiger partial charge in [-0.25, -0.2) is 8.42 Å². The van der Waals surface area contributed by atoms with Gasteiger partial charge in [-0.1, -0.05) is 77.9 Å². The molecule has 0 amide bonds. The summed E-state index contributed by atoms with van der Waals surface area (Å²) in [6, 6.07) is 0. The van der Waals surface area contributed by atoms with Gasteiger partial charge in [0, 0.05) is 16.9 Å². The number of hydrogen-bond acceptors (Lipinski definition) is 5. The Morgan fingerprint density at radius 2 is 1.28 bits per heavy atom. The van der Waals surface area contributed by atoms with Crippen molar-refractivity contribution in [2.75, 3.05) is 6.61 Å². The number of allylic oxidation sites excluding steroid dienone is 3. The average molecular weight is 589 g/mol. The van der Waals surface area contributed by atoms with Crippen molar-refractivity contribution in [3.05, 3.63) is 49.1 Å². The van der Waals surface area contributed by atoms with Crippen LogP contribution in [0.1, 0.15) is 77.6 Å². The summed E-state index contributed by atoms with van der Waals surface area (Å²) in [6.45, 7) is 8.28. The van der Waals surface area contributed by atoms with Crippen LogP contribution < -0.4 is 59.1 Å². The van der Waals surface area contributed by atoms with Crippen LogP contribution in [0.2, 0.25) is 0 Å². The van der Waals surface area contributed by atoms with Crippen LogP contribution in [-0.4, -0.2) is 39.8 Å². The van der Waals surface area contributed by atoms with Gasteiger partial charge in [-0.2, -0.15) is 0 Å². The third kappa shape index (κ3) is 33.2. The van der Waals surface area contributed by atoms with E-state index in [1.165, 1.54) is 51.4 Å². The molecule has 0 bridgehead atoms. The Hall–Kier alpha value is 1.17. The minimum absolute atomic E-state index is 0. The summed E-state index contributed by atoms with van der Waals surface area (Å²) >= 11 is 0. The third-order valence-electron chi connectivity index (χ3n) is 4.39. The van der Waals surface area contributed by atoms with Gasteiger partial charge in [0.05, 0.1) is 6.61 Å². The van der Waals surface area contributed by atoms with Gasteiger partial charge in [-0.05, 0) is 6.42 Å². The average Bonchev–Trinajstić information content (AvgIpc) is 2.78. The third-order valence-corrected chi connectivity index (χ3v) is 6.90. The predicted octanol–water partition coefficient (Wildman–Crippen LogP) is -0.632. The van der Waals surface area contributed by atoms with Gasteiger partial charge in [0.15, 0.2) is 0 Å². The first kappa shape index (κ1) is 44.2. The first-order valence-electron chi connectivity index (χ1n) is 11.2. The van der Waals surface area contributed by atoms with Crippen LogP contribution in [0.5, 0.6) is 0 Å². The number of unbranched alkanes of at least 4 members (excludes halogenated alkanes) is 9. The quantitative estimate of drug-likeness (QED) is 0.0643. The van der Waals surface area contributed by atoms with E-state index in [0.29, 0.717) is 24.7 Å². The van der Waals surface area contributed by atoms with Gasteiger partial charge in [0.2, 0.25) is 0 Å². The fourth-order valence-corrected chi connectivity index (χ4v) is 3.58. The maximum Gasteiger partial charge on any atom is 1.00 e. The molecule has 0 radical (unpaired) electrons. The van der Waals surface area contributed by atoms with E-state index >= 15 is 0 Å². The van der Waals surface area contributed by atoms with E-state index in [9.17, 15) is 17.5 Å². The van der Waals surface area contributed by atoms with Gasteiger partial charge in [0.1, 0.15) is 0 Å². The molecule has 1 atom stereocenters. The molecule has 200 valence electrons. The Morgan fingerprint density at radius 3 is 1.61 bits per heavy atom. The van der Waals surface area contributed by atoms with Gasteiger partial charge in [0.25, 0.3) is 10.1 Å². The van der Waals surface area contributed by atoms with Crippen molar-refractivity contribution >= 4 is 25.3 Å². The molecule has 0 aliphatic heterocycles. The van der Waals surface area contributed by atoms with Crippen LogP contribution in [0, 0.1) is 12.2 Å². The molecule has 0 spiro atoms. The molecule has 1 aliphatic carbocycles. The molecule has 1 aliphatic rings. The molecule has 0 saturated heterocycles. The normalized spacial score (nSPS) is 14.6. The molecule has 0 aromatic carbocycles. The van der Waals surface area contributed by atoms with Gasteiger partial charge in [-0.15, -0.1) is 6.42 Å². The second kappa shape index (κ2) is 26.4. The van der Waals surface area contributed by atoms with E-state index in [1.807, 2.05) is 0 Å². The monoisotopic (exact) mass is 588 g/mol. The summed E-state index contributed by atoms with van der Waals surface area (Å²) in [6.07, 6.45) is 21.4. The summed E-state index contributed by atoms with van der Waals surface area (Å²) < 4.78 is 48.1. The maximum atomic E-state index is 11.9. The van der Waals surface area contributed by atoms with Crippen molar-refractivity contribution in [2.24, 2.45) is 0 Å². The first-order valence-corrected chi connectivity index (χ1v) is 16.0. The number of rotatable bonds is 15. The minimum atomic E-state index is -3.88. The molecule has 14 heteroatoms. The molecule has 4 N–H and O–H groups in total. The Morgan fingerprint density at radius 1 is 0.889 bits per heavy atom. The Labute approximate surface area is 262 Å². The zero-order valence-electron chi connectivity index (χ0n) is 21.9. The van der Waals surface area contributed by atoms with E-state index in [4.69, 9.17) is 23.8 Å². The maximum absolute atomic E-state index is 11.9. The Kier molecular flexibility index (Phi) is 32.4.